The number of hydrogen-bond acceptors (Lipinski definition) is 5. The summed E-state index contributed by atoms with van der Waals surface area (Å²) in [5.41, 5.74) is -0.538. The lowest BCUT2D eigenvalue weighted by Crippen LogP contribution is -2.28. The molecule has 0 atom stereocenters. The predicted octanol–water partition coefficient (Wildman–Crippen LogP) is 3.59. The summed E-state index contributed by atoms with van der Waals surface area (Å²) >= 11 is 0. The Balaban J connectivity index is 1.46. The van der Waals surface area contributed by atoms with Crippen LogP contribution in [-0.2, 0) is 22.7 Å². The first-order chi connectivity index (χ1) is 15.1. The highest BCUT2D eigenvalue weighted by Crippen LogP contribution is 2.30. The lowest BCUT2D eigenvalue weighted by Gasteiger charge is -2.10. The van der Waals surface area contributed by atoms with Gasteiger partial charge in [-0.25, -0.2) is 13.1 Å². The minimum atomic E-state index is -4.42. The fraction of sp³-hybridized carbons (Fsp3) is 0.190. The van der Waals surface area contributed by atoms with E-state index in [4.69, 9.17) is 9.15 Å². The molecule has 11 heteroatoms. The average molecular weight is 468 g/mol. The van der Waals surface area contributed by atoms with Gasteiger partial charge in [-0.2, -0.15) is 13.2 Å². The Kier molecular flexibility index (Phi) is 7.21. The van der Waals surface area contributed by atoms with Crippen LogP contribution in [-0.4, -0.2) is 27.5 Å². The van der Waals surface area contributed by atoms with Crippen LogP contribution in [0.5, 0.6) is 5.75 Å². The van der Waals surface area contributed by atoms with Gasteiger partial charge in [0.2, 0.25) is 10.0 Å². The van der Waals surface area contributed by atoms with Crippen LogP contribution in [0, 0.1) is 0 Å². The number of rotatable bonds is 9. The van der Waals surface area contributed by atoms with Crippen molar-refractivity contribution in [3.05, 3.63) is 83.8 Å². The molecule has 0 aliphatic carbocycles. The molecule has 2 aromatic carbocycles. The summed E-state index contributed by atoms with van der Waals surface area (Å²) < 4.78 is 75.0. The Morgan fingerprint density at radius 1 is 1.00 bits per heavy atom. The maximum atomic E-state index is 12.5. The second-order valence-corrected chi connectivity index (χ2v) is 8.32. The lowest BCUT2D eigenvalue weighted by molar-refractivity contribution is -0.137. The van der Waals surface area contributed by atoms with Crippen molar-refractivity contribution >= 4 is 15.9 Å². The van der Waals surface area contributed by atoms with Crippen molar-refractivity contribution in [2.75, 3.05) is 13.2 Å². The molecule has 0 fully saturated rings. The van der Waals surface area contributed by atoms with Crippen LogP contribution in [0.2, 0.25) is 0 Å². The van der Waals surface area contributed by atoms with Crippen LogP contribution in [0.4, 0.5) is 13.2 Å². The van der Waals surface area contributed by atoms with Crippen molar-refractivity contribution in [3.8, 4) is 5.75 Å². The van der Waals surface area contributed by atoms with Crippen molar-refractivity contribution in [2.24, 2.45) is 0 Å². The van der Waals surface area contributed by atoms with Crippen molar-refractivity contribution < 1.29 is 35.5 Å². The zero-order valence-electron chi connectivity index (χ0n) is 16.6. The van der Waals surface area contributed by atoms with E-state index in [-0.39, 0.29) is 35.9 Å². The molecular formula is C21H19F3N2O5S. The number of ether oxygens (including phenoxy) is 1. The van der Waals surface area contributed by atoms with E-state index in [1.807, 2.05) is 0 Å². The maximum absolute atomic E-state index is 12.5. The Bertz CT molecular complexity index is 1130. The highest BCUT2D eigenvalue weighted by molar-refractivity contribution is 7.89. The van der Waals surface area contributed by atoms with Gasteiger partial charge in [-0.15, -0.1) is 0 Å². The largest absolute Gasteiger partial charge is 0.492 e. The monoisotopic (exact) mass is 468 g/mol. The molecule has 0 unspecified atom stereocenters. The van der Waals surface area contributed by atoms with E-state index in [0.29, 0.717) is 5.76 Å². The van der Waals surface area contributed by atoms with E-state index < -0.39 is 27.7 Å². The molecule has 3 aromatic rings. The van der Waals surface area contributed by atoms with Crippen molar-refractivity contribution in [1.29, 1.82) is 0 Å². The van der Waals surface area contributed by atoms with Gasteiger partial charge in [0.1, 0.15) is 18.1 Å². The molecule has 170 valence electrons. The van der Waals surface area contributed by atoms with E-state index in [9.17, 15) is 26.4 Å². The highest BCUT2D eigenvalue weighted by atomic mass is 32.2. The van der Waals surface area contributed by atoms with Gasteiger partial charge in [0.15, 0.2) is 0 Å². The second-order valence-electron chi connectivity index (χ2n) is 6.55. The number of sulfonamides is 1. The highest BCUT2D eigenvalue weighted by Gasteiger charge is 2.30. The summed E-state index contributed by atoms with van der Waals surface area (Å²) in [5, 5.41) is 2.59. The van der Waals surface area contributed by atoms with Crippen LogP contribution >= 0.6 is 0 Å². The fourth-order valence-electron chi connectivity index (χ4n) is 2.62. The van der Waals surface area contributed by atoms with E-state index in [1.165, 1.54) is 42.7 Å². The molecule has 0 aliphatic heterocycles. The van der Waals surface area contributed by atoms with Gasteiger partial charge in [-0.3, -0.25) is 4.79 Å². The number of carbonyl (C=O) groups is 1. The number of halogens is 3. The van der Waals surface area contributed by atoms with Crippen molar-refractivity contribution in [1.82, 2.24) is 10.0 Å². The SMILES string of the molecule is O=C(NCCOc1ccc(C(F)(F)F)cc1)c1ccc(S(=O)(=O)NCc2ccco2)cc1. The third kappa shape index (κ3) is 6.34. The molecule has 7 nitrogen and oxygen atoms in total. The summed E-state index contributed by atoms with van der Waals surface area (Å²) in [6, 6.07) is 12.8. The first-order valence-corrected chi connectivity index (χ1v) is 10.8. The topological polar surface area (TPSA) is 97.6 Å². The van der Waals surface area contributed by atoms with Crippen molar-refractivity contribution in [3.63, 3.8) is 0 Å². The van der Waals surface area contributed by atoms with E-state index >= 15 is 0 Å². The van der Waals surface area contributed by atoms with Crippen LogP contribution < -0.4 is 14.8 Å². The first kappa shape index (κ1) is 23.4. The summed E-state index contributed by atoms with van der Waals surface area (Å²) in [5.74, 6) is 0.250. The molecule has 1 heterocycles. The number of amides is 1. The van der Waals surface area contributed by atoms with Crippen LogP contribution in [0.3, 0.4) is 0 Å². The molecule has 0 bridgehead atoms. The van der Waals surface area contributed by atoms with Gasteiger partial charge in [-0.05, 0) is 60.7 Å². The maximum Gasteiger partial charge on any atom is 0.416 e. The second kappa shape index (κ2) is 9.88. The minimum Gasteiger partial charge on any atom is -0.492 e. The summed E-state index contributed by atoms with van der Waals surface area (Å²) in [6.07, 6.45) is -2.98. The smallest absolute Gasteiger partial charge is 0.416 e. The first-order valence-electron chi connectivity index (χ1n) is 9.35. The van der Waals surface area contributed by atoms with Gasteiger partial charge >= 0.3 is 6.18 Å². The number of benzene rings is 2. The van der Waals surface area contributed by atoms with Crippen molar-refractivity contribution in [2.45, 2.75) is 17.6 Å². The lowest BCUT2D eigenvalue weighted by atomic mass is 10.2. The standard InChI is InChI=1S/C21H19F3N2O5S/c22-21(23,24)16-5-7-17(8-6-16)31-13-11-25-20(27)15-3-9-19(10-4-15)32(28,29)26-14-18-2-1-12-30-18/h1-10,12,26H,11,13-14H2,(H,25,27). The van der Waals surface area contributed by atoms with Gasteiger partial charge in [-0.1, -0.05) is 0 Å². The number of hydrogen-bond donors (Lipinski definition) is 2. The molecule has 0 spiro atoms. The third-order valence-corrected chi connectivity index (χ3v) is 5.70. The molecular weight excluding hydrogens is 449 g/mol. The molecule has 32 heavy (non-hydrogen) atoms. The quantitative estimate of drug-likeness (QED) is 0.468. The van der Waals surface area contributed by atoms with Gasteiger partial charge in [0.05, 0.1) is 29.8 Å². The number of carbonyl (C=O) groups excluding carboxylic acids is 1. The normalized spacial score (nSPS) is 11.8. The number of alkyl halides is 3. The molecule has 0 saturated heterocycles. The predicted molar refractivity (Wildman–Crippen MR) is 108 cm³/mol. The van der Waals surface area contributed by atoms with Crippen LogP contribution in [0.25, 0.3) is 0 Å². The minimum absolute atomic E-state index is 0.00347. The zero-order valence-corrected chi connectivity index (χ0v) is 17.4. The Labute approximate surface area is 182 Å². The molecule has 1 amide bonds. The summed E-state index contributed by atoms with van der Waals surface area (Å²) in [4.78, 5) is 12.2. The molecule has 1 aromatic heterocycles. The van der Waals surface area contributed by atoms with E-state index in [2.05, 4.69) is 10.0 Å². The number of nitrogens with one attached hydrogen (secondary N) is 2. The Morgan fingerprint density at radius 2 is 1.69 bits per heavy atom. The Hall–Kier alpha value is -3.31. The third-order valence-electron chi connectivity index (χ3n) is 4.28. The average Bonchev–Trinajstić information content (AvgIpc) is 3.29. The van der Waals surface area contributed by atoms with E-state index in [1.54, 1.807) is 12.1 Å². The fourth-order valence-corrected chi connectivity index (χ4v) is 3.62. The molecule has 2 N–H and O–H groups in total. The molecule has 0 saturated carbocycles. The van der Waals surface area contributed by atoms with Gasteiger partial charge < -0.3 is 14.5 Å². The molecule has 0 radical (unpaired) electrons. The molecule has 3 rings (SSSR count). The Morgan fingerprint density at radius 3 is 2.28 bits per heavy atom. The van der Waals surface area contributed by atoms with Crippen LogP contribution in [0.1, 0.15) is 21.7 Å². The zero-order chi connectivity index (χ0) is 23.2. The van der Waals surface area contributed by atoms with Gasteiger partial charge in [0.25, 0.3) is 5.91 Å². The number of furan rings is 1. The summed E-state index contributed by atoms with van der Waals surface area (Å²) in [7, 11) is -3.77. The summed E-state index contributed by atoms with van der Waals surface area (Å²) in [6.45, 7) is 0.140. The van der Waals surface area contributed by atoms with E-state index in [0.717, 1.165) is 12.1 Å². The molecule has 0 aliphatic rings. The van der Waals surface area contributed by atoms with Crippen LogP contribution in [0.15, 0.2) is 76.2 Å². The van der Waals surface area contributed by atoms with Gasteiger partial charge in [0, 0.05) is 5.56 Å².